The number of aliphatic hydroxyl groups is 1. The third-order valence-electron chi connectivity index (χ3n) is 3.41. The van der Waals surface area contributed by atoms with Gasteiger partial charge in [-0.25, -0.2) is 9.97 Å². The standard InChI is InChI=1S/C15H16ClN3O/c16-12-8-17-15(18-9-12)19(13-6-7-13)10-14(20)11-4-2-1-3-5-11/h1-5,8-9,13-14,20H,6-7,10H2/t14-/m0/s1. The first-order valence-electron chi connectivity index (χ1n) is 6.71. The quantitative estimate of drug-likeness (QED) is 0.919. The van der Waals surface area contributed by atoms with Crippen LogP contribution in [0.4, 0.5) is 5.95 Å². The van der Waals surface area contributed by atoms with Gasteiger partial charge in [-0.2, -0.15) is 0 Å². The molecule has 5 heteroatoms. The topological polar surface area (TPSA) is 49.2 Å². The maximum atomic E-state index is 10.4. The first-order chi connectivity index (χ1) is 9.74. The van der Waals surface area contributed by atoms with Crippen molar-refractivity contribution in [2.24, 2.45) is 0 Å². The Labute approximate surface area is 123 Å². The van der Waals surface area contributed by atoms with Crippen LogP contribution in [0.15, 0.2) is 42.7 Å². The number of benzene rings is 1. The van der Waals surface area contributed by atoms with Crippen LogP contribution >= 0.6 is 11.6 Å². The van der Waals surface area contributed by atoms with Crippen LogP contribution in [0.1, 0.15) is 24.5 Å². The molecule has 1 N–H and O–H groups in total. The average Bonchev–Trinajstić information content (AvgIpc) is 3.31. The maximum Gasteiger partial charge on any atom is 0.225 e. The Hall–Kier alpha value is -1.65. The number of hydrogen-bond donors (Lipinski definition) is 1. The fourth-order valence-corrected chi connectivity index (χ4v) is 2.30. The number of rotatable bonds is 5. The molecule has 1 aliphatic carbocycles. The van der Waals surface area contributed by atoms with E-state index in [2.05, 4.69) is 14.9 Å². The smallest absolute Gasteiger partial charge is 0.225 e. The van der Waals surface area contributed by atoms with Crippen molar-refractivity contribution in [1.82, 2.24) is 9.97 Å². The predicted molar refractivity (Wildman–Crippen MR) is 78.8 cm³/mol. The van der Waals surface area contributed by atoms with Crippen LogP contribution in [0.2, 0.25) is 5.02 Å². The van der Waals surface area contributed by atoms with E-state index in [9.17, 15) is 5.11 Å². The van der Waals surface area contributed by atoms with Gasteiger partial charge in [-0.1, -0.05) is 41.9 Å². The molecule has 1 atom stereocenters. The molecular formula is C15H16ClN3O. The molecule has 104 valence electrons. The monoisotopic (exact) mass is 289 g/mol. The molecule has 20 heavy (non-hydrogen) atoms. The first-order valence-corrected chi connectivity index (χ1v) is 7.09. The fourth-order valence-electron chi connectivity index (χ4n) is 2.20. The maximum absolute atomic E-state index is 10.4. The molecule has 1 aromatic carbocycles. The third-order valence-corrected chi connectivity index (χ3v) is 3.60. The van der Waals surface area contributed by atoms with Crippen LogP contribution in [-0.2, 0) is 0 Å². The molecular weight excluding hydrogens is 274 g/mol. The molecule has 1 saturated carbocycles. The zero-order valence-corrected chi connectivity index (χ0v) is 11.7. The molecule has 0 unspecified atom stereocenters. The van der Waals surface area contributed by atoms with Gasteiger partial charge < -0.3 is 10.0 Å². The van der Waals surface area contributed by atoms with E-state index in [1.165, 1.54) is 0 Å². The molecule has 0 spiro atoms. The zero-order chi connectivity index (χ0) is 13.9. The highest BCUT2D eigenvalue weighted by Crippen LogP contribution is 2.31. The Morgan fingerprint density at radius 1 is 1.20 bits per heavy atom. The van der Waals surface area contributed by atoms with Gasteiger partial charge in [-0.15, -0.1) is 0 Å². The Kier molecular flexibility index (Phi) is 3.85. The van der Waals surface area contributed by atoms with Crippen molar-refractivity contribution < 1.29 is 5.11 Å². The van der Waals surface area contributed by atoms with E-state index < -0.39 is 6.10 Å². The summed E-state index contributed by atoms with van der Waals surface area (Å²) >= 11 is 5.82. The molecule has 0 saturated heterocycles. The van der Waals surface area contributed by atoms with Crippen molar-refractivity contribution in [2.75, 3.05) is 11.4 Å². The van der Waals surface area contributed by atoms with Gasteiger partial charge in [0.2, 0.25) is 5.95 Å². The molecule has 2 aromatic rings. The van der Waals surface area contributed by atoms with E-state index in [1.807, 2.05) is 30.3 Å². The van der Waals surface area contributed by atoms with Crippen LogP contribution in [0, 0.1) is 0 Å². The van der Waals surface area contributed by atoms with Gasteiger partial charge in [0.1, 0.15) is 0 Å². The summed E-state index contributed by atoms with van der Waals surface area (Å²) in [6.07, 6.45) is 4.87. The highest BCUT2D eigenvalue weighted by atomic mass is 35.5. The molecule has 3 rings (SSSR count). The number of aliphatic hydroxyl groups excluding tert-OH is 1. The van der Waals surface area contributed by atoms with E-state index in [4.69, 9.17) is 11.6 Å². The van der Waals surface area contributed by atoms with Gasteiger partial charge in [0.05, 0.1) is 30.1 Å². The van der Waals surface area contributed by atoms with Crippen LogP contribution in [0.3, 0.4) is 0 Å². The molecule has 1 aliphatic rings. The van der Waals surface area contributed by atoms with Crippen molar-refractivity contribution in [3.8, 4) is 0 Å². The molecule has 0 amide bonds. The van der Waals surface area contributed by atoms with Crippen molar-refractivity contribution >= 4 is 17.5 Å². The lowest BCUT2D eigenvalue weighted by Crippen LogP contribution is -2.32. The Morgan fingerprint density at radius 2 is 1.85 bits per heavy atom. The summed E-state index contributed by atoms with van der Waals surface area (Å²) in [5.41, 5.74) is 0.909. The summed E-state index contributed by atoms with van der Waals surface area (Å²) in [6.45, 7) is 0.496. The lowest BCUT2D eigenvalue weighted by molar-refractivity contribution is 0.182. The van der Waals surface area contributed by atoms with Crippen LogP contribution in [0.25, 0.3) is 0 Å². The number of aromatic nitrogens is 2. The largest absolute Gasteiger partial charge is 0.387 e. The molecule has 0 radical (unpaired) electrons. The molecule has 0 aliphatic heterocycles. The lowest BCUT2D eigenvalue weighted by atomic mass is 10.1. The van der Waals surface area contributed by atoms with Crippen LogP contribution in [0.5, 0.6) is 0 Å². The summed E-state index contributed by atoms with van der Waals surface area (Å²) < 4.78 is 0. The van der Waals surface area contributed by atoms with Crippen molar-refractivity contribution in [1.29, 1.82) is 0 Å². The Balaban J connectivity index is 1.76. The number of anilines is 1. The summed E-state index contributed by atoms with van der Waals surface area (Å²) in [5.74, 6) is 0.631. The second kappa shape index (κ2) is 5.77. The minimum atomic E-state index is -0.545. The second-order valence-corrected chi connectivity index (χ2v) is 5.45. The number of nitrogens with zero attached hydrogens (tertiary/aromatic N) is 3. The molecule has 0 bridgehead atoms. The SMILES string of the molecule is O[C@@H](CN(c1ncc(Cl)cn1)C1CC1)c1ccccc1. The van der Waals surface area contributed by atoms with Crippen molar-refractivity contribution in [3.05, 3.63) is 53.3 Å². The Morgan fingerprint density at radius 3 is 2.45 bits per heavy atom. The normalized spacial score (nSPS) is 15.9. The first kappa shape index (κ1) is 13.3. The molecule has 4 nitrogen and oxygen atoms in total. The van der Waals surface area contributed by atoms with Crippen LogP contribution < -0.4 is 4.90 Å². The summed E-state index contributed by atoms with van der Waals surface area (Å²) in [5, 5.41) is 10.9. The molecule has 1 heterocycles. The van der Waals surface area contributed by atoms with E-state index in [0.29, 0.717) is 23.6 Å². The predicted octanol–water partition coefficient (Wildman–Crippen LogP) is 2.83. The number of halogens is 1. The Bertz CT molecular complexity index is 557. The molecule has 1 fully saturated rings. The minimum absolute atomic E-state index is 0.425. The second-order valence-electron chi connectivity index (χ2n) is 5.01. The zero-order valence-electron chi connectivity index (χ0n) is 11.0. The van der Waals surface area contributed by atoms with Gasteiger partial charge in [0, 0.05) is 6.04 Å². The van der Waals surface area contributed by atoms with Gasteiger partial charge in [-0.05, 0) is 18.4 Å². The van der Waals surface area contributed by atoms with Crippen molar-refractivity contribution in [2.45, 2.75) is 25.0 Å². The number of hydrogen-bond acceptors (Lipinski definition) is 4. The molecule has 1 aromatic heterocycles. The highest BCUT2D eigenvalue weighted by molar-refractivity contribution is 6.30. The van der Waals surface area contributed by atoms with E-state index in [1.54, 1.807) is 12.4 Å². The van der Waals surface area contributed by atoms with E-state index in [0.717, 1.165) is 18.4 Å². The highest BCUT2D eigenvalue weighted by Gasteiger charge is 2.32. The fraction of sp³-hybridized carbons (Fsp3) is 0.333. The van der Waals surface area contributed by atoms with Crippen molar-refractivity contribution in [3.63, 3.8) is 0 Å². The average molecular weight is 290 g/mol. The minimum Gasteiger partial charge on any atom is -0.387 e. The third kappa shape index (κ3) is 3.08. The van der Waals surface area contributed by atoms with Crippen LogP contribution in [-0.4, -0.2) is 27.7 Å². The van der Waals surface area contributed by atoms with Gasteiger partial charge in [0.15, 0.2) is 0 Å². The lowest BCUT2D eigenvalue weighted by Gasteiger charge is -2.25. The summed E-state index contributed by atoms with van der Waals surface area (Å²) in [4.78, 5) is 10.6. The van der Waals surface area contributed by atoms with Gasteiger partial charge in [-0.3, -0.25) is 0 Å². The summed E-state index contributed by atoms with van der Waals surface area (Å²) in [6, 6.07) is 10.1. The van der Waals surface area contributed by atoms with Gasteiger partial charge >= 0.3 is 0 Å². The van der Waals surface area contributed by atoms with E-state index >= 15 is 0 Å². The summed E-state index contributed by atoms with van der Waals surface area (Å²) in [7, 11) is 0. The van der Waals surface area contributed by atoms with E-state index in [-0.39, 0.29) is 0 Å². The van der Waals surface area contributed by atoms with Gasteiger partial charge in [0.25, 0.3) is 0 Å².